The molecular formula is C17H12N2O4S. The highest BCUT2D eigenvalue weighted by Crippen LogP contribution is 2.29. The predicted molar refractivity (Wildman–Crippen MR) is 89.3 cm³/mol. The number of anilines is 1. The Morgan fingerprint density at radius 2 is 2.17 bits per heavy atom. The molecule has 2 heterocycles. The zero-order valence-corrected chi connectivity index (χ0v) is 13.3. The van der Waals surface area contributed by atoms with Gasteiger partial charge in [-0.1, -0.05) is 12.1 Å². The van der Waals surface area contributed by atoms with Gasteiger partial charge in [-0.3, -0.25) is 4.79 Å². The van der Waals surface area contributed by atoms with Crippen LogP contribution in [-0.4, -0.2) is 23.5 Å². The third-order valence-electron chi connectivity index (χ3n) is 3.52. The molecule has 3 aromatic rings. The smallest absolute Gasteiger partial charge is 0.338 e. The molecular weight excluding hydrogens is 328 g/mol. The van der Waals surface area contributed by atoms with E-state index in [2.05, 4.69) is 10.3 Å². The maximum absolute atomic E-state index is 12.2. The summed E-state index contributed by atoms with van der Waals surface area (Å²) in [5.74, 6) is -0.213. The highest BCUT2D eigenvalue weighted by Gasteiger charge is 2.18. The van der Waals surface area contributed by atoms with Crippen molar-refractivity contribution in [3.63, 3.8) is 0 Å². The molecule has 1 aliphatic rings. The van der Waals surface area contributed by atoms with Crippen LogP contribution in [0.2, 0.25) is 0 Å². The fourth-order valence-electron chi connectivity index (χ4n) is 2.39. The first-order valence-corrected chi connectivity index (χ1v) is 8.09. The fourth-order valence-corrected chi connectivity index (χ4v) is 3.27. The molecule has 2 aromatic carbocycles. The Bertz CT molecular complexity index is 918. The minimum Gasteiger partial charge on any atom is -0.482 e. The van der Waals surface area contributed by atoms with Crippen LogP contribution in [0.25, 0.3) is 10.2 Å². The second kappa shape index (κ2) is 5.93. The van der Waals surface area contributed by atoms with Gasteiger partial charge in [0.15, 0.2) is 6.61 Å². The van der Waals surface area contributed by atoms with Crippen LogP contribution in [0.5, 0.6) is 5.75 Å². The molecule has 120 valence electrons. The van der Waals surface area contributed by atoms with Crippen molar-refractivity contribution in [2.24, 2.45) is 0 Å². The molecule has 0 radical (unpaired) electrons. The van der Waals surface area contributed by atoms with Crippen LogP contribution < -0.4 is 10.1 Å². The summed E-state index contributed by atoms with van der Waals surface area (Å²) in [7, 11) is 0. The van der Waals surface area contributed by atoms with Crippen LogP contribution in [0.15, 0.2) is 42.5 Å². The number of nitrogens with one attached hydrogen (secondary N) is 1. The van der Waals surface area contributed by atoms with Gasteiger partial charge in [-0.05, 0) is 30.3 Å². The number of aromatic nitrogens is 1. The second-order valence-corrected chi connectivity index (χ2v) is 6.31. The molecule has 0 spiro atoms. The largest absolute Gasteiger partial charge is 0.482 e. The van der Waals surface area contributed by atoms with Gasteiger partial charge in [-0.15, -0.1) is 11.3 Å². The van der Waals surface area contributed by atoms with Gasteiger partial charge in [0.1, 0.15) is 17.4 Å². The second-order valence-electron chi connectivity index (χ2n) is 5.20. The van der Waals surface area contributed by atoms with Crippen LogP contribution in [0, 0.1) is 0 Å². The maximum Gasteiger partial charge on any atom is 0.338 e. The fraction of sp³-hybridized carbons (Fsp3) is 0.118. The Hall–Kier alpha value is -2.93. The molecule has 0 saturated carbocycles. The van der Waals surface area contributed by atoms with Crippen molar-refractivity contribution in [1.29, 1.82) is 0 Å². The summed E-state index contributed by atoms with van der Waals surface area (Å²) in [6, 6.07) is 12.6. The van der Waals surface area contributed by atoms with Crippen molar-refractivity contribution in [3.8, 4) is 5.75 Å². The molecule has 1 N–H and O–H groups in total. The van der Waals surface area contributed by atoms with Crippen molar-refractivity contribution < 1.29 is 19.1 Å². The summed E-state index contributed by atoms with van der Waals surface area (Å²) in [6.45, 7) is 0.0596. The third kappa shape index (κ3) is 2.81. The quantitative estimate of drug-likeness (QED) is 0.742. The van der Waals surface area contributed by atoms with E-state index in [1.54, 1.807) is 18.2 Å². The average Bonchev–Trinajstić information content (AvgIpc) is 3.02. The number of hydrogen-bond acceptors (Lipinski definition) is 6. The van der Waals surface area contributed by atoms with Gasteiger partial charge in [-0.25, -0.2) is 9.78 Å². The van der Waals surface area contributed by atoms with E-state index in [4.69, 9.17) is 9.47 Å². The topological polar surface area (TPSA) is 77.5 Å². The van der Waals surface area contributed by atoms with Crippen LogP contribution >= 0.6 is 11.3 Å². The minimum absolute atomic E-state index is 0.0583. The standard InChI is InChI=1S/C17H12N2O4S/c20-15-8-22-13-7-10(5-6-11(13)18-15)17(21)23-9-16-19-12-3-1-2-4-14(12)24-16/h1-7H,8-9H2,(H,18,20). The van der Waals surface area contributed by atoms with E-state index in [9.17, 15) is 9.59 Å². The average molecular weight is 340 g/mol. The number of amides is 1. The number of para-hydroxylation sites is 1. The molecule has 0 saturated heterocycles. The number of hydrogen-bond donors (Lipinski definition) is 1. The number of benzene rings is 2. The molecule has 0 fully saturated rings. The molecule has 7 heteroatoms. The summed E-state index contributed by atoms with van der Waals surface area (Å²) in [5.41, 5.74) is 1.81. The lowest BCUT2D eigenvalue weighted by Crippen LogP contribution is -2.25. The predicted octanol–water partition coefficient (Wildman–Crippen LogP) is 2.98. The Morgan fingerprint density at radius 1 is 1.29 bits per heavy atom. The lowest BCUT2D eigenvalue weighted by Gasteiger charge is -2.18. The number of carbonyl (C=O) groups is 2. The van der Waals surface area contributed by atoms with Crippen molar-refractivity contribution in [3.05, 3.63) is 53.0 Å². The van der Waals surface area contributed by atoms with Gasteiger partial charge in [0.05, 0.1) is 21.5 Å². The van der Waals surface area contributed by atoms with E-state index in [1.807, 2.05) is 24.3 Å². The molecule has 1 amide bonds. The molecule has 4 rings (SSSR count). The monoisotopic (exact) mass is 340 g/mol. The number of rotatable bonds is 3. The minimum atomic E-state index is -0.461. The van der Waals surface area contributed by atoms with E-state index < -0.39 is 5.97 Å². The Kier molecular flexibility index (Phi) is 3.62. The number of esters is 1. The molecule has 0 atom stereocenters. The van der Waals surface area contributed by atoms with Gasteiger partial charge < -0.3 is 14.8 Å². The van der Waals surface area contributed by atoms with Gasteiger partial charge >= 0.3 is 5.97 Å². The highest BCUT2D eigenvalue weighted by atomic mass is 32.1. The SMILES string of the molecule is O=C1COc2cc(C(=O)OCc3nc4ccccc4s3)ccc2N1. The molecule has 0 unspecified atom stereocenters. The third-order valence-corrected chi connectivity index (χ3v) is 4.52. The van der Waals surface area contributed by atoms with E-state index in [1.165, 1.54) is 11.3 Å². The molecule has 24 heavy (non-hydrogen) atoms. The van der Waals surface area contributed by atoms with E-state index in [-0.39, 0.29) is 19.1 Å². The molecule has 6 nitrogen and oxygen atoms in total. The first-order chi connectivity index (χ1) is 11.7. The normalized spacial score (nSPS) is 13.1. The lowest BCUT2D eigenvalue weighted by molar-refractivity contribution is -0.118. The number of carbonyl (C=O) groups excluding carboxylic acids is 2. The lowest BCUT2D eigenvalue weighted by atomic mass is 10.1. The molecule has 0 aliphatic carbocycles. The van der Waals surface area contributed by atoms with Crippen molar-refractivity contribution in [2.75, 3.05) is 11.9 Å². The van der Waals surface area contributed by atoms with Gasteiger partial charge in [-0.2, -0.15) is 0 Å². The summed E-state index contributed by atoms with van der Waals surface area (Å²) in [4.78, 5) is 27.9. The summed E-state index contributed by atoms with van der Waals surface area (Å²) >= 11 is 1.50. The van der Waals surface area contributed by atoms with Crippen LogP contribution in [-0.2, 0) is 16.1 Å². The molecule has 0 bridgehead atoms. The highest BCUT2D eigenvalue weighted by molar-refractivity contribution is 7.18. The van der Waals surface area contributed by atoms with Gasteiger partial charge in [0.2, 0.25) is 0 Å². The van der Waals surface area contributed by atoms with E-state index >= 15 is 0 Å². The number of thiazole rings is 1. The number of ether oxygens (including phenoxy) is 2. The summed E-state index contributed by atoms with van der Waals surface area (Å²) < 4.78 is 11.7. The van der Waals surface area contributed by atoms with Crippen LogP contribution in [0.4, 0.5) is 5.69 Å². The first-order valence-electron chi connectivity index (χ1n) is 7.27. The van der Waals surface area contributed by atoms with Crippen molar-refractivity contribution in [2.45, 2.75) is 6.61 Å². The van der Waals surface area contributed by atoms with E-state index in [0.717, 1.165) is 15.2 Å². The Labute approximate surface area is 141 Å². The first kappa shape index (κ1) is 14.6. The number of nitrogens with zero attached hydrogens (tertiary/aromatic N) is 1. The zero-order valence-electron chi connectivity index (χ0n) is 12.4. The number of fused-ring (bicyclic) bond motifs is 2. The van der Waals surface area contributed by atoms with Crippen LogP contribution in [0.1, 0.15) is 15.4 Å². The van der Waals surface area contributed by atoms with Gasteiger partial charge in [0.25, 0.3) is 5.91 Å². The van der Waals surface area contributed by atoms with Crippen LogP contribution in [0.3, 0.4) is 0 Å². The molecule has 1 aromatic heterocycles. The summed E-state index contributed by atoms with van der Waals surface area (Å²) in [6.07, 6.45) is 0. The summed E-state index contributed by atoms with van der Waals surface area (Å²) in [5, 5.41) is 3.42. The maximum atomic E-state index is 12.2. The Morgan fingerprint density at radius 3 is 3.04 bits per heavy atom. The van der Waals surface area contributed by atoms with Gasteiger partial charge in [0, 0.05) is 0 Å². The molecule has 1 aliphatic heterocycles. The Balaban J connectivity index is 1.47. The van der Waals surface area contributed by atoms with Crippen molar-refractivity contribution in [1.82, 2.24) is 4.98 Å². The zero-order chi connectivity index (χ0) is 16.5. The van der Waals surface area contributed by atoms with Crippen molar-refractivity contribution >= 4 is 39.1 Å². The van der Waals surface area contributed by atoms with E-state index in [0.29, 0.717) is 17.0 Å².